The molecular formula is C26H21N. The molecule has 0 aromatic heterocycles. The fourth-order valence-electron chi connectivity index (χ4n) is 5.00. The van der Waals surface area contributed by atoms with Gasteiger partial charge < -0.3 is 5.73 Å². The number of nitrogens with two attached hydrogens (primary N) is 1. The molecular weight excluding hydrogens is 326 g/mol. The average Bonchev–Trinajstić information content (AvgIpc) is 3.12. The van der Waals surface area contributed by atoms with Crippen LogP contribution in [0.1, 0.15) is 29.2 Å². The maximum Gasteiger partial charge on any atom is 0.0722 e. The fourth-order valence-corrected chi connectivity index (χ4v) is 5.00. The van der Waals surface area contributed by atoms with Crippen LogP contribution in [-0.2, 0) is 5.41 Å². The molecule has 2 aliphatic carbocycles. The first-order valence-corrected chi connectivity index (χ1v) is 9.29. The molecule has 3 aromatic rings. The van der Waals surface area contributed by atoms with E-state index in [2.05, 4.69) is 80.2 Å². The van der Waals surface area contributed by atoms with E-state index in [4.69, 9.17) is 5.73 Å². The monoisotopic (exact) mass is 347 g/mol. The van der Waals surface area contributed by atoms with Crippen LogP contribution in [0.15, 0.2) is 97.1 Å². The lowest BCUT2D eigenvalue weighted by Gasteiger charge is -2.31. The summed E-state index contributed by atoms with van der Waals surface area (Å²) < 4.78 is 0. The molecule has 0 bridgehead atoms. The summed E-state index contributed by atoms with van der Waals surface area (Å²) in [6.07, 6.45) is 6.12. The van der Waals surface area contributed by atoms with Crippen LogP contribution in [0.5, 0.6) is 0 Å². The molecule has 0 aliphatic heterocycles. The third-order valence-electron chi connectivity index (χ3n) is 6.01. The number of benzene rings is 3. The van der Waals surface area contributed by atoms with Gasteiger partial charge in [-0.2, -0.15) is 0 Å². The van der Waals surface area contributed by atoms with Crippen LogP contribution in [0.4, 0.5) is 5.69 Å². The number of fused-ring (bicyclic) bond motifs is 7. The number of anilines is 1. The van der Waals surface area contributed by atoms with Crippen molar-refractivity contribution >= 4 is 11.3 Å². The maximum atomic E-state index is 6.17. The average molecular weight is 347 g/mol. The zero-order chi connectivity index (χ0) is 18.6. The molecule has 1 nitrogen and oxygen atoms in total. The largest absolute Gasteiger partial charge is 0.399 e. The zero-order valence-corrected chi connectivity index (χ0v) is 15.4. The standard InChI is InChI=1S/C26H21N/c1-3-4-11-22-17(2)19-9-5-7-12-23(19)26(22)24-13-8-6-10-20(24)21-16-18(27)14-15-25(21)26/h3-16H,1,27H2,2H3/b11-4-. The molecule has 2 N–H and O–H groups in total. The second-order valence-corrected chi connectivity index (χ2v) is 7.28. The second kappa shape index (κ2) is 5.59. The molecule has 1 unspecified atom stereocenters. The Kier molecular flexibility index (Phi) is 3.29. The minimum atomic E-state index is -0.292. The minimum absolute atomic E-state index is 0.292. The van der Waals surface area contributed by atoms with Crippen molar-refractivity contribution in [1.29, 1.82) is 0 Å². The highest BCUT2D eigenvalue weighted by molar-refractivity contribution is 5.95. The summed E-state index contributed by atoms with van der Waals surface area (Å²) >= 11 is 0. The summed E-state index contributed by atoms with van der Waals surface area (Å²) in [5.41, 5.74) is 17.1. The van der Waals surface area contributed by atoms with Crippen molar-refractivity contribution in [3.8, 4) is 11.1 Å². The van der Waals surface area contributed by atoms with Crippen molar-refractivity contribution in [1.82, 2.24) is 0 Å². The van der Waals surface area contributed by atoms with Gasteiger partial charge in [-0.25, -0.2) is 0 Å². The normalized spacial score (nSPS) is 19.4. The van der Waals surface area contributed by atoms with Gasteiger partial charge in [0, 0.05) is 5.69 Å². The fraction of sp³-hybridized carbons (Fsp3) is 0.0769. The minimum Gasteiger partial charge on any atom is -0.399 e. The van der Waals surface area contributed by atoms with Gasteiger partial charge in [-0.1, -0.05) is 79.4 Å². The molecule has 5 rings (SSSR count). The highest BCUT2D eigenvalue weighted by Crippen LogP contribution is 2.62. The van der Waals surface area contributed by atoms with E-state index in [1.165, 1.54) is 44.5 Å². The molecule has 27 heavy (non-hydrogen) atoms. The van der Waals surface area contributed by atoms with Crippen LogP contribution in [0, 0.1) is 0 Å². The van der Waals surface area contributed by atoms with Crippen LogP contribution < -0.4 is 5.73 Å². The van der Waals surface area contributed by atoms with Crippen LogP contribution >= 0.6 is 0 Å². The molecule has 2 aliphatic rings. The quantitative estimate of drug-likeness (QED) is 0.439. The molecule has 1 atom stereocenters. The molecule has 0 saturated heterocycles. The van der Waals surface area contributed by atoms with Gasteiger partial charge in [0.15, 0.2) is 0 Å². The van der Waals surface area contributed by atoms with Crippen molar-refractivity contribution < 1.29 is 0 Å². The Labute approximate surface area is 160 Å². The van der Waals surface area contributed by atoms with Crippen molar-refractivity contribution in [2.24, 2.45) is 0 Å². The third-order valence-corrected chi connectivity index (χ3v) is 6.01. The highest BCUT2D eigenvalue weighted by atomic mass is 14.6. The Morgan fingerprint density at radius 2 is 1.44 bits per heavy atom. The Morgan fingerprint density at radius 1 is 0.815 bits per heavy atom. The number of allylic oxidation sites excluding steroid dienone is 5. The van der Waals surface area contributed by atoms with Gasteiger partial charge in [-0.3, -0.25) is 0 Å². The first-order valence-electron chi connectivity index (χ1n) is 9.29. The lowest BCUT2D eigenvalue weighted by molar-refractivity contribution is 0.786. The summed E-state index contributed by atoms with van der Waals surface area (Å²) in [6.45, 7) is 6.12. The van der Waals surface area contributed by atoms with E-state index in [1.54, 1.807) is 0 Å². The first-order chi connectivity index (χ1) is 13.2. The van der Waals surface area contributed by atoms with Crippen LogP contribution in [-0.4, -0.2) is 0 Å². The van der Waals surface area contributed by atoms with Crippen molar-refractivity contribution in [2.45, 2.75) is 12.3 Å². The lowest BCUT2D eigenvalue weighted by atomic mass is 9.69. The summed E-state index contributed by atoms with van der Waals surface area (Å²) in [6, 6.07) is 23.9. The van der Waals surface area contributed by atoms with E-state index in [-0.39, 0.29) is 5.41 Å². The molecule has 0 heterocycles. The van der Waals surface area contributed by atoms with Crippen LogP contribution in [0.25, 0.3) is 16.7 Å². The Hall–Kier alpha value is -3.32. The zero-order valence-electron chi connectivity index (χ0n) is 15.4. The van der Waals surface area contributed by atoms with Gasteiger partial charge in [0.2, 0.25) is 0 Å². The van der Waals surface area contributed by atoms with E-state index in [0.717, 1.165) is 5.69 Å². The van der Waals surface area contributed by atoms with Gasteiger partial charge in [-0.15, -0.1) is 0 Å². The van der Waals surface area contributed by atoms with Crippen molar-refractivity contribution in [2.75, 3.05) is 5.73 Å². The summed E-state index contributed by atoms with van der Waals surface area (Å²) in [5, 5.41) is 0. The topological polar surface area (TPSA) is 26.0 Å². The SMILES string of the molecule is C=C/C=C\C1=C(C)c2ccccc2C12c1ccccc1-c1cc(N)ccc12. The van der Waals surface area contributed by atoms with E-state index < -0.39 is 0 Å². The van der Waals surface area contributed by atoms with E-state index in [1.807, 2.05) is 18.2 Å². The predicted molar refractivity (Wildman–Crippen MR) is 115 cm³/mol. The summed E-state index contributed by atoms with van der Waals surface area (Å²) in [5.74, 6) is 0. The predicted octanol–water partition coefficient (Wildman–Crippen LogP) is 6.11. The Morgan fingerprint density at radius 3 is 2.19 bits per heavy atom. The number of hydrogen-bond acceptors (Lipinski definition) is 1. The van der Waals surface area contributed by atoms with Gasteiger partial charge in [-0.05, 0) is 63.6 Å². The van der Waals surface area contributed by atoms with Gasteiger partial charge >= 0.3 is 0 Å². The molecule has 0 amide bonds. The smallest absolute Gasteiger partial charge is 0.0722 e. The molecule has 3 aromatic carbocycles. The third kappa shape index (κ3) is 1.89. The van der Waals surface area contributed by atoms with Crippen LogP contribution in [0.2, 0.25) is 0 Å². The summed E-state index contributed by atoms with van der Waals surface area (Å²) in [4.78, 5) is 0. The number of nitrogen functional groups attached to an aromatic ring is 1. The lowest BCUT2D eigenvalue weighted by Crippen LogP contribution is -2.26. The first kappa shape index (κ1) is 15.9. The van der Waals surface area contributed by atoms with E-state index in [0.29, 0.717) is 0 Å². The van der Waals surface area contributed by atoms with E-state index in [9.17, 15) is 0 Å². The molecule has 0 saturated carbocycles. The van der Waals surface area contributed by atoms with Gasteiger partial charge in [0.25, 0.3) is 0 Å². The van der Waals surface area contributed by atoms with Gasteiger partial charge in [0.05, 0.1) is 5.41 Å². The number of hydrogen-bond donors (Lipinski definition) is 1. The Balaban J connectivity index is 1.99. The second-order valence-electron chi connectivity index (χ2n) is 7.28. The molecule has 1 spiro atoms. The summed E-state index contributed by atoms with van der Waals surface area (Å²) in [7, 11) is 0. The van der Waals surface area contributed by atoms with Crippen molar-refractivity contribution in [3.05, 3.63) is 119 Å². The highest BCUT2D eigenvalue weighted by Gasteiger charge is 2.51. The maximum absolute atomic E-state index is 6.17. The molecule has 0 radical (unpaired) electrons. The Bertz CT molecular complexity index is 1160. The van der Waals surface area contributed by atoms with Crippen molar-refractivity contribution in [3.63, 3.8) is 0 Å². The molecule has 0 fully saturated rings. The number of rotatable bonds is 2. The van der Waals surface area contributed by atoms with Gasteiger partial charge in [0.1, 0.15) is 0 Å². The van der Waals surface area contributed by atoms with Crippen LogP contribution in [0.3, 0.4) is 0 Å². The molecule has 1 heteroatoms. The van der Waals surface area contributed by atoms with E-state index >= 15 is 0 Å². The molecule has 130 valence electrons.